The van der Waals surface area contributed by atoms with Crippen LogP contribution >= 0.6 is 24.0 Å². The molecular formula is C56H72O2S2. The van der Waals surface area contributed by atoms with Crippen molar-refractivity contribution < 1.29 is 9.47 Å². The van der Waals surface area contributed by atoms with E-state index in [0.717, 1.165) is 66.3 Å². The molecule has 1 aliphatic carbocycles. The van der Waals surface area contributed by atoms with E-state index in [0.29, 0.717) is 5.92 Å². The molecule has 4 aromatic carbocycles. The quantitative estimate of drug-likeness (QED) is 0.0394. The lowest BCUT2D eigenvalue weighted by molar-refractivity contribution is 0.276. The van der Waals surface area contributed by atoms with Gasteiger partial charge in [-0.05, 0) is 142 Å². The summed E-state index contributed by atoms with van der Waals surface area (Å²) < 4.78 is 12.1. The van der Waals surface area contributed by atoms with Gasteiger partial charge in [-0.1, -0.05) is 161 Å². The van der Waals surface area contributed by atoms with Crippen molar-refractivity contribution in [3.05, 3.63) is 131 Å². The average molecular weight is 841 g/mol. The predicted octanol–water partition coefficient (Wildman–Crippen LogP) is 17.7. The van der Waals surface area contributed by atoms with Crippen LogP contribution in [0.2, 0.25) is 0 Å². The van der Waals surface area contributed by atoms with Crippen LogP contribution in [0.25, 0.3) is 43.0 Å². The molecule has 4 heteroatoms. The molecule has 6 rings (SSSR count). The summed E-state index contributed by atoms with van der Waals surface area (Å²) in [7, 11) is 0. The Morgan fingerprint density at radius 3 is 1.83 bits per heavy atom. The van der Waals surface area contributed by atoms with Gasteiger partial charge in [-0.3, -0.25) is 0 Å². The molecule has 0 N–H and O–H groups in total. The zero-order chi connectivity index (χ0) is 42.7. The van der Waals surface area contributed by atoms with Gasteiger partial charge in [-0.2, -0.15) is 0 Å². The van der Waals surface area contributed by atoms with Crippen molar-refractivity contribution in [2.75, 3.05) is 13.2 Å². The first-order chi connectivity index (χ1) is 29.2. The van der Waals surface area contributed by atoms with Crippen molar-refractivity contribution in [2.45, 2.75) is 126 Å². The van der Waals surface area contributed by atoms with Crippen LogP contribution < -0.4 is 9.47 Å². The molecule has 0 radical (unpaired) electrons. The average Bonchev–Trinajstić information content (AvgIpc) is 3.89. The van der Waals surface area contributed by atoms with E-state index < -0.39 is 0 Å². The molecule has 1 atom stereocenters. The van der Waals surface area contributed by atoms with E-state index >= 15 is 0 Å². The minimum Gasteiger partial charge on any atom is -0.494 e. The van der Waals surface area contributed by atoms with E-state index in [9.17, 15) is 0 Å². The molecule has 0 fully saturated rings. The fraction of sp³-hybridized carbons (Fsp3) is 0.429. The molecule has 60 heavy (non-hydrogen) atoms. The standard InChI is InChI=1S/C54H66O2S2.C2H6/c1-39(2)14-9-7-6-8-12-34-55-48-27-22-44(23-28-48)53-31-32-54(58-53)45-24-30-51-47(37-45)38-46-36-42(19-29-50(46)51)17-13-18-52(57)43-20-25-49(26-21-43)56-35-33-41(5)16-11-10-15-40(3)4;1-2/h13,17-32,36-37,39-41,57H,6-12,14-16,33-35,38H2,1-5H3;1-2H3/b17-13+,52-18-;. The highest BCUT2D eigenvalue weighted by Crippen LogP contribution is 2.41. The number of benzene rings is 4. The number of thiophene rings is 1. The number of unbranched alkanes of at least 4 members (excludes halogenated alkanes) is 5. The van der Waals surface area contributed by atoms with E-state index in [1.54, 1.807) is 0 Å². The molecule has 0 amide bonds. The molecule has 5 aromatic rings. The van der Waals surface area contributed by atoms with Crippen molar-refractivity contribution >= 4 is 34.9 Å². The van der Waals surface area contributed by atoms with Crippen molar-refractivity contribution in [2.24, 2.45) is 17.8 Å². The zero-order valence-electron chi connectivity index (χ0n) is 37.8. The van der Waals surface area contributed by atoms with Crippen molar-refractivity contribution in [1.29, 1.82) is 0 Å². The minimum absolute atomic E-state index is 0.703. The fourth-order valence-electron chi connectivity index (χ4n) is 7.86. The van der Waals surface area contributed by atoms with Gasteiger partial charge in [0.1, 0.15) is 11.5 Å². The maximum atomic E-state index is 6.07. The summed E-state index contributed by atoms with van der Waals surface area (Å²) >= 11 is 6.67. The van der Waals surface area contributed by atoms with Gasteiger partial charge < -0.3 is 9.47 Å². The molecule has 1 aliphatic rings. The maximum absolute atomic E-state index is 6.07. The Hall–Kier alpha value is -3.99. The normalized spacial score (nSPS) is 12.7. The van der Waals surface area contributed by atoms with Crippen LogP contribution in [-0.2, 0) is 6.42 Å². The van der Waals surface area contributed by atoms with Crippen LogP contribution in [-0.4, -0.2) is 13.2 Å². The van der Waals surface area contributed by atoms with Gasteiger partial charge >= 0.3 is 0 Å². The molecule has 0 aliphatic heterocycles. The van der Waals surface area contributed by atoms with E-state index in [2.05, 4.69) is 150 Å². The van der Waals surface area contributed by atoms with E-state index in [1.165, 1.54) is 106 Å². The van der Waals surface area contributed by atoms with Crippen LogP contribution in [0, 0.1) is 17.8 Å². The van der Waals surface area contributed by atoms with Gasteiger partial charge in [0.2, 0.25) is 0 Å². The third-order valence-corrected chi connectivity index (χ3v) is 13.0. The minimum atomic E-state index is 0.703. The summed E-state index contributed by atoms with van der Waals surface area (Å²) in [5.74, 6) is 4.22. The van der Waals surface area contributed by atoms with Crippen molar-refractivity contribution in [1.82, 2.24) is 0 Å². The lowest BCUT2D eigenvalue weighted by Gasteiger charge is -2.13. The van der Waals surface area contributed by atoms with Crippen LogP contribution in [0.4, 0.5) is 0 Å². The molecule has 320 valence electrons. The largest absolute Gasteiger partial charge is 0.494 e. The SMILES string of the molecule is CC.CC(C)CCCCCCCOc1ccc(-c2ccc(-c3ccc4c(c3)Cc3cc(/C=C/C=C(\S)c5ccc(OCCC(C)CCCCC(C)C)cc5)ccc3-4)s2)cc1. The smallest absolute Gasteiger partial charge is 0.119 e. The van der Waals surface area contributed by atoms with Crippen LogP contribution in [0.15, 0.2) is 109 Å². The topological polar surface area (TPSA) is 18.5 Å². The summed E-state index contributed by atoms with van der Waals surface area (Å²) in [4.78, 5) is 3.52. The zero-order valence-corrected chi connectivity index (χ0v) is 39.5. The Kier molecular flexibility index (Phi) is 19.7. The number of ether oxygens (including phenoxy) is 2. The second-order valence-electron chi connectivity index (χ2n) is 17.3. The second kappa shape index (κ2) is 25.1. The Balaban J connectivity index is 0.00000336. The molecule has 0 saturated carbocycles. The highest BCUT2D eigenvalue weighted by atomic mass is 32.1. The van der Waals surface area contributed by atoms with Crippen LogP contribution in [0.5, 0.6) is 11.5 Å². The molecular weight excluding hydrogens is 769 g/mol. The molecule has 1 aromatic heterocycles. The van der Waals surface area contributed by atoms with E-state index in [-0.39, 0.29) is 0 Å². The number of fused-ring (bicyclic) bond motifs is 3. The third kappa shape index (κ3) is 14.9. The van der Waals surface area contributed by atoms with Gasteiger partial charge in [0, 0.05) is 14.7 Å². The van der Waals surface area contributed by atoms with Crippen molar-refractivity contribution in [3.63, 3.8) is 0 Å². The van der Waals surface area contributed by atoms with Gasteiger partial charge in [0.25, 0.3) is 0 Å². The van der Waals surface area contributed by atoms with Gasteiger partial charge in [0.15, 0.2) is 0 Å². The number of hydrogen-bond donors (Lipinski definition) is 1. The third-order valence-electron chi connectivity index (χ3n) is 11.4. The Labute approximate surface area is 374 Å². The first-order valence-corrected chi connectivity index (χ1v) is 24.4. The Bertz CT molecular complexity index is 2070. The maximum Gasteiger partial charge on any atom is 0.119 e. The Morgan fingerprint density at radius 2 is 1.13 bits per heavy atom. The lowest BCUT2D eigenvalue weighted by Crippen LogP contribution is -2.04. The summed E-state index contributed by atoms with van der Waals surface area (Å²) in [6.07, 6.45) is 21.4. The highest BCUT2D eigenvalue weighted by Gasteiger charge is 2.19. The highest BCUT2D eigenvalue weighted by molar-refractivity contribution is 7.90. The molecule has 2 nitrogen and oxygen atoms in total. The number of thiol groups is 1. The van der Waals surface area contributed by atoms with E-state index in [1.807, 2.05) is 25.2 Å². The molecule has 1 heterocycles. The Morgan fingerprint density at radius 1 is 0.583 bits per heavy atom. The summed E-state index contributed by atoms with van der Waals surface area (Å²) in [6, 6.07) is 35.3. The number of rotatable bonds is 23. The van der Waals surface area contributed by atoms with Gasteiger partial charge in [0.05, 0.1) is 13.2 Å². The number of allylic oxidation sites excluding steroid dienone is 2. The van der Waals surface area contributed by atoms with Crippen LogP contribution in [0.1, 0.15) is 141 Å². The lowest BCUT2D eigenvalue weighted by atomic mass is 9.98. The van der Waals surface area contributed by atoms with Crippen molar-refractivity contribution in [3.8, 4) is 43.5 Å². The molecule has 1 unspecified atom stereocenters. The molecule has 0 bridgehead atoms. The van der Waals surface area contributed by atoms with Crippen LogP contribution in [0.3, 0.4) is 0 Å². The predicted molar refractivity (Wildman–Crippen MR) is 268 cm³/mol. The van der Waals surface area contributed by atoms with E-state index in [4.69, 9.17) is 22.1 Å². The number of hydrogen-bond acceptors (Lipinski definition) is 4. The van der Waals surface area contributed by atoms with Gasteiger partial charge in [-0.15, -0.1) is 24.0 Å². The second-order valence-corrected chi connectivity index (χ2v) is 18.9. The monoisotopic (exact) mass is 840 g/mol. The fourth-order valence-corrected chi connectivity index (χ4v) is 9.11. The summed E-state index contributed by atoms with van der Waals surface area (Å²) in [6.45, 7) is 17.2. The van der Waals surface area contributed by atoms with Gasteiger partial charge in [-0.25, -0.2) is 0 Å². The first kappa shape index (κ1) is 47.1. The summed E-state index contributed by atoms with van der Waals surface area (Å²) in [5.41, 5.74) is 10.3. The summed E-state index contributed by atoms with van der Waals surface area (Å²) in [5, 5.41) is 0. The molecule has 0 saturated heterocycles. The first-order valence-electron chi connectivity index (χ1n) is 23.1. The molecule has 0 spiro atoms.